The molecule has 2 rings (SSSR count). The number of esters is 1. The number of methoxy groups -OCH3 is 1. The number of hydrazone groups is 1. The Morgan fingerprint density at radius 1 is 1.24 bits per heavy atom. The molecule has 0 radical (unpaired) electrons. The van der Waals surface area contributed by atoms with Crippen LogP contribution >= 0.6 is 11.6 Å². The van der Waals surface area contributed by atoms with Crippen molar-refractivity contribution in [1.29, 1.82) is 0 Å². The lowest BCUT2D eigenvalue weighted by Crippen LogP contribution is -2.10. The second-order valence-electron chi connectivity index (χ2n) is 4.06. The molecular formula is C15H13ClN2O3. The third-order valence-corrected chi connectivity index (χ3v) is 3.04. The number of nitrogens with zero attached hydrogens (tertiary/aromatic N) is 1. The van der Waals surface area contributed by atoms with E-state index in [-0.39, 0.29) is 11.3 Å². The summed E-state index contributed by atoms with van der Waals surface area (Å²) in [6, 6.07) is 11.6. The van der Waals surface area contributed by atoms with Crippen LogP contribution in [0.4, 0.5) is 0 Å². The van der Waals surface area contributed by atoms with Gasteiger partial charge in [0.15, 0.2) is 11.5 Å². The van der Waals surface area contributed by atoms with E-state index in [1.807, 2.05) is 0 Å². The molecule has 2 N–H and O–H groups in total. The Labute approximate surface area is 126 Å². The molecule has 0 saturated carbocycles. The van der Waals surface area contributed by atoms with Crippen LogP contribution in [0.15, 0.2) is 47.6 Å². The van der Waals surface area contributed by atoms with E-state index in [9.17, 15) is 4.79 Å². The first-order chi connectivity index (χ1) is 10.2. The molecule has 0 heterocycles. The molecule has 0 aliphatic heterocycles. The van der Waals surface area contributed by atoms with Crippen molar-refractivity contribution in [2.24, 2.45) is 10.9 Å². The van der Waals surface area contributed by atoms with Gasteiger partial charge in [0.1, 0.15) is 0 Å². The van der Waals surface area contributed by atoms with E-state index in [4.69, 9.17) is 26.9 Å². The van der Waals surface area contributed by atoms with Gasteiger partial charge in [-0.1, -0.05) is 23.7 Å². The van der Waals surface area contributed by atoms with Crippen molar-refractivity contribution in [3.8, 4) is 11.5 Å². The van der Waals surface area contributed by atoms with Crippen LogP contribution in [0.25, 0.3) is 0 Å². The summed E-state index contributed by atoms with van der Waals surface area (Å²) < 4.78 is 10.5. The number of rotatable bonds is 4. The maximum Gasteiger partial charge on any atom is 0.345 e. The first kappa shape index (κ1) is 14.9. The van der Waals surface area contributed by atoms with Gasteiger partial charge in [-0.2, -0.15) is 5.10 Å². The molecule has 0 atom stereocenters. The lowest BCUT2D eigenvalue weighted by molar-refractivity contribution is 0.0730. The fraction of sp³-hybridized carbons (Fsp3) is 0.0667. The van der Waals surface area contributed by atoms with Crippen molar-refractivity contribution >= 4 is 23.8 Å². The molecular weight excluding hydrogens is 292 g/mol. The largest absolute Gasteiger partial charge is 0.493 e. The maximum absolute atomic E-state index is 12.1. The van der Waals surface area contributed by atoms with Gasteiger partial charge < -0.3 is 15.3 Å². The predicted octanol–water partition coefficient (Wildman–Crippen LogP) is 2.86. The summed E-state index contributed by atoms with van der Waals surface area (Å²) in [5.41, 5.74) is 1.01. The van der Waals surface area contributed by atoms with Gasteiger partial charge >= 0.3 is 5.97 Å². The standard InChI is InChI=1S/C15H13ClN2O3/c1-20-14-8-10(9-18-17)6-7-13(14)21-15(19)11-4-2-3-5-12(11)16/h2-9H,17H2,1H3. The normalized spacial score (nSPS) is 10.6. The van der Waals surface area contributed by atoms with Gasteiger partial charge in [0, 0.05) is 0 Å². The predicted molar refractivity (Wildman–Crippen MR) is 81.2 cm³/mol. The van der Waals surface area contributed by atoms with Crippen LogP contribution in [-0.4, -0.2) is 19.3 Å². The molecule has 6 heteroatoms. The van der Waals surface area contributed by atoms with E-state index >= 15 is 0 Å². The molecule has 2 aromatic rings. The van der Waals surface area contributed by atoms with Crippen LogP contribution < -0.4 is 15.3 Å². The lowest BCUT2D eigenvalue weighted by atomic mass is 10.2. The summed E-state index contributed by atoms with van der Waals surface area (Å²) in [4.78, 5) is 12.1. The van der Waals surface area contributed by atoms with Crippen molar-refractivity contribution in [2.75, 3.05) is 7.11 Å². The Bertz CT molecular complexity index is 686. The lowest BCUT2D eigenvalue weighted by Gasteiger charge is -2.10. The topological polar surface area (TPSA) is 73.9 Å². The SMILES string of the molecule is COc1cc(C=NN)ccc1OC(=O)c1ccccc1Cl. The number of hydrogen-bond donors (Lipinski definition) is 1. The Kier molecular flexibility index (Phi) is 4.79. The van der Waals surface area contributed by atoms with Gasteiger partial charge in [0.05, 0.1) is 23.9 Å². The van der Waals surface area contributed by atoms with E-state index in [0.717, 1.165) is 5.56 Å². The number of ether oxygens (including phenoxy) is 2. The Morgan fingerprint density at radius 2 is 2.00 bits per heavy atom. The molecule has 0 spiro atoms. The Balaban J connectivity index is 2.27. The van der Waals surface area contributed by atoms with Crippen LogP contribution in [0, 0.1) is 0 Å². The number of benzene rings is 2. The number of hydrogen-bond acceptors (Lipinski definition) is 5. The number of carbonyl (C=O) groups is 1. The van der Waals surface area contributed by atoms with Crippen LogP contribution in [0.2, 0.25) is 5.02 Å². The smallest absolute Gasteiger partial charge is 0.345 e. The molecule has 0 bridgehead atoms. The zero-order chi connectivity index (χ0) is 15.2. The quantitative estimate of drug-likeness (QED) is 0.310. The van der Waals surface area contributed by atoms with Crippen LogP contribution in [-0.2, 0) is 0 Å². The van der Waals surface area contributed by atoms with Crippen molar-refractivity contribution < 1.29 is 14.3 Å². The van der Waals surface area contributed by atoms with Crippen LogP contribution in [0.5, 0.6) is 11.5 Å². The minimum Gasteiger partial charge on any atom is -0.493 e. The molecule has 108 valence electrons. The zero-order valence-electron chi connectivity index (χ0n) is 11.2. The third kappa shape index (κ3) is 3.52. The minimum absolute atomic E-state index is 0.286. The Morgan fingerprint density at radius 3 is 2.67 bits per heavy atom. The highest BCUT2D eigenvalue weighted by Gasteiger charge is 2.15. The molecule has 0 aliphatic carbocycles. The maximum atomic E-state index is 12.1. The number of carbonyl (C=O) groups excluding carboxylic acids is 1. The van der Waals surface area contributed by atoms with Crippen molar-refractivity contribution in [3.05, 3.63) is 58.6 Å². The average Bonchev–Trinajstić information content (AvgIpc) is 2.49. The number of halogens is 1. The van der Waals surface area contributed by atoms with Crippen molar-refractivity contribution in [3.63, 3.8) is 0 Å². The average molecular weight is 305 g/mol. The third-order valence-electron chi connectivity index (χ3n) is 2.71. The second kappa shape index (κ2) is 6.76. The first-order valence-corrected chi connectivity index (χ1v) is 6.41. The molecule has 0 unspecified atom stereocenters. The highest BCUT2D eigenvalue weighted by molar-refractivity contribution is 6.33. The van der Waals surface area contributed by atoms with Gasteiger partial charge in [-0.05, 0) is 35.9 Å². The molecule has 21 heavy (non-hydrogen) atoms. The molecule has 0 amide bonds. The summed E-state index contributed by atoms with van der Waals surface area (Å²) in [6.45, 7) is 0. The highest BCUT2D eigenvalue weighted by Crippen LogP contribution is 2.29. The molecule has 0 aliphatic rings. The summed E-state index contributed by atoms with van der Waals surface area (Å²) in [5, 5.41) is 3.75. The van der Waals surface area contributed by atoms with Gasteiger partial charge in [-0.3, -0.25) is 0 Å². The van der Waals surface area contributed by atoms with Gasteiger partial charge in [0.25, 0.3) is 0 Å². The van der Waals surface area contributed by atoms with Gasteiger partial charge in [-0.15, -0.1) is 0 Å². The Hall–Kier alpha value is -2.53. The van der Waals surface area contributed by atoms with Crippen LogP contribution in [0.1, 0.15) is 15.9 Å². The first-order valence-electron chi connectivity index (χ1n) is 6.03. The van der Waals surface area contributed by atoms with Crippen molar-refractivity contribution in [1.82, 2.24) is 0 Å². The van der Waals surface area contributed by atoms with Gasteiger partial charge in [-0.25, -0.2) is 4.79 Å². The highest BCUT2D eigenvalue weighted by atomic mass is 35.5. The monoisotopic (exact) mass is 304 g/mol. The number of nitrogens with two attached hydrogens (primary N) is 1. The second-order valence-corrected chi connectivity index (χ2v) is 4.47. The fourth-order valence-corrected chi connectivity index (χ4v) is 1.93. The van der Waals surface area contributed by atoms with E-state index < -0.39 is 5.97 Å². The summed E-state index contributed by atoms with van der Waals surface area (Å²) in [7, 11) is 1.48. The minimum atomic E-state index is -0.556. The summed E-state index contributed by atoms with van der Waals surface area (Å²) in [6.07, 6.45) is 1.46. The molecule has 5 nitrogen and oxygen atoms in total. The van der Waals surface area contributed by atoms with Crippen molar-refractivity contribution in [2.45, 2.75) is 0 Å². The van der Waals surface area contributed by atoms with E-state index in [1.165, 1.54) is 13.3 Å². The molecule has 0 saturated heterocycles. The summed E-state index contributed by atoms with van der Waals surface area (Å²) in [5.74, 6) is 5.22. The zero-order valence-corrected chi connectivity index (χ0v) is 12.0. The van der Waals surface area contributed by atoms with Crippen LogP contribution in [0.3, 0.4) is 0 Å². The molecule has 0 fully saturated rings. The van der Waals surface area contributed by atoms with E-state index in [0.29, 0.717) is 10.8 Å². The van der Waals surface area contributed by atoms with E-state index in [2.05, 4.69) is 5.10 Å². The fourth-order valence-electron chi connectivity index (χ4n) is 1.72. The van der Waals surface area contributed by atoms with E-state index in [1.54, 1.807) is 42.5 Å². The molecule has 2 aromatic carbocycles. The van der Waals surface area contributed by atoms with Gasteiger partial charge in [0.2, 0.25) is 0 Å². The molecule has 0 aromatic heterocycles. The summed E-state index contributed by atoms with van der Waals surface area (Å²) >= 11 is 5.96.